The lowest BCUT2D eigenvalue weighted by molar-refractivity contribution is -0.176. The maximum Gasteiger partial charge on any atom is 0.240 e. The average Bonchev–Trinajstić information content (AvgIpc) is 2.34. The van der Waals surface area contributed by atoms with Crippen LogP contribution < -0.4 is 5.73 Å². The number of carbonyl (C=O) groups is 1. The minimum absolute atomic E-state index is 0.0692. The zero-order valence-corrected chi connectivity index (χ0v) is 12.0. The summed E-state index contributed by atoms with van der Waals surface area (Å²) in [5.74, 6) is 0.875. The van der Waals surface area contributed by atoms with Gasteiger partial charge in [-0.1, -0.05) is 0 Å². The molecule has 4 fully saturated rings. The van der Waals surface area contributed by atoms with E-state index in [1.807, 2.05) is 6.07 Å². The molecule has 5 heteroatoms. The number of nitrogens with two attached hydrogens (primary N) is 1. The maximum absolute atomic E-state index is 12.4. The fourth-order valence-electron chi connectivity index (χ4n) is 5.33. The fraction of sp³-hybridized carbons (Fsp3) is 0.867. The molecule has 4 bridgehead atoms. The van der Waals surface area contributed by atoms with Crippen molar-refractivity contribution in [3.8, 4) is 6.07 Å². The molecular weight excluding hydrogens is 254 g/mol. The van der Waals surface area contributed by atoms with Crippen molar-refractivity contribution >= 4 is 5.91 Å². The minimum atomic E-state index is -0.601. The second kappa shape index (κ2) is 4.44. The second-order valence-corrected chi connectivity index (χ2v) is 7.38. The van der Waals surface area contributed by atoms with Crippen molar-refractivity contribution in [2.24, 2.45) is 23.0 Å². The van der Waals surface area contributed by atoms with Gasteiger partial charge < -0.3 is 15.7 Å². The molecule has 4 aliphatic rings. The molecule has 4 saturated carbocycles. The van der Waals surface area contributed by atoms with Crippen LogP contribution in [0, 0.1) is 28.6 Å². The Labute approximate surface area is 119 Å². The van der Waals surface area contributed by atoms with Gasteiger partial charge in [-0.25, -0.2) is 0 Å². The number of rotatable bonds is 3. The summed E-state index contributed by atoms with van der Waals surface area (Å²) in [7, 11) is 1.63. The fourth-order valence-corrected chi connectivity index (χ4v) is 5.33. The first-order valence-corrected chi connectivity index (χ1v) is 7.47. The van der Waals surface area contributed by atoms with Crippen LogP contribution in [0.2, 0.25) is 0 Å². The first kappa shape index (κ1) is 13.8. The molecule has 4 rings (SSSR count). The highest BCUT2D eigenvalue weighted by atomic mass is 16.3. The van der Waals surface area contributed by atoms with Gasteiger partial charge in [0.05, 0.1) is 17.7 Å². The van der Waals surface area contributed by atoms with Gasteiger partial charge in [0.25, 0.3) is 0 Å². The van der Waals surface area contributed by atoms with Crippen LogP contribution in [0.1, 0.15) is 38.5 Å². The molecule has 0 spiro atoms. The lowest BCUT2D eigenvalue weighted by Gasteiger charge is -2.61. The third kappa shape index (κ3) is 2.02. The molecule has 0 aromatic heterocycles. The highest BCUT2D eigenvalue weighted by Crippen LogP contribution is 2.62. The summed E-state index contributed by atoms with van der Waals surface area (Å²) in [5.41, 5.74) is 5.44. The van der Waals surface area contributed by atoms with E-state index < -0.39 is 11.6 Å². The summed E-state index contributed by atoms with van der Waals surface area (Å²) < 4.78 is 0. The molecule has 4 aliphatic carbocycles. The van der Waals surface area contributed by atoms with Crippen LogP contribution in [-0.4, -0.2) is 41.1 Å². The highest BCUT2D eigenvalue weighted by Gasteiger charge is 2.60. The van der Waals surface area contributed by atoms with Gasteiger partial charge in [0.1, 0.15) is 6.54 Å². The number of hydrogen-bond acceptors (Lipinski definition) is 4. The number of carbonyl (C=O) groups excluding carboxylic acids is 1. The average molecular weight is 277 g/mol. The first-order valence-electron chi connectivity index (χ1n) is 7.47. The number of hydrogen-bond donors (Lipinski definition) is 2. The summed E-state index contributed by atoms with van der Waals surface area (Å²) in [4.78, 5) is 13.8. The number of aliphatic hydroxyl groups is 1. The lowest BCUT2D eigenvalue weighted by atomic mass is 9.46. The van der Waals surface area contributed by atoms with E-state index in [1.165, 1.54) is 11.3 Å². The normalized spacial score (nSPS) is 43.1. The van der Waals surface area contributed by atoms with Crippen molar-refractivity contribution in [1.82, 2.24) is 4.90 Å². The number of amides is 1. The van der Waals surface area contributed by atoms with E-state index in [-0.39, 0.29) is 17.9 Å². The molecule has 0 radical (unpaired) electrons. The Bertz CT molecular complexity index is 456. The molecule has 5 nitrogen and oxygen atoms in total. The molecule has 3 atom stereocenters. The third-order valence-electron chi connectivity index (χ3n) is 5.69. The van der Waals surface area contributed by atoms with E-state index in [0.717, 1.165) is 25.7 Å². The number of nitrogens with zero attached hydrogens (tertiary/aromatic N) is 2. The van der Waals surface area contributed by atoms with E-state index >= 15 is 0 Å². The molecule has 1 amide bonds. The summed E-state index contributed by atoms with van der Waals surface area (Å²) in [6.45, 7) is 0.0692. The molecule has 110 valence electrons. The molecule has 3 N–H and O–H groups in total. The van der Waals surface area contributed by atoms with Crippen molar-refractivity contribution in [3.05, 3.63) is 0 Å². The van der Waals surface area contributed by atoms with Gasteiger partial charge in [-0.2, -0.15) is 5.26 Å². The van der Waals surface area contributed by atoms with Crippen LogP contribution in [0.15, 0.2) is 0 Å². The van der Waals surface area contributed by atoms with Gasteiger partial charge in [-0.15, -0.1) is 0 Å². The second-order valence-electron chi connectivity index (χ2n) is 7.38. The van der Waals surface area contributed by atoms with Crippen molar-refractivity contribution in [1.29, 1.82) is 5.26 Å². The zero-order chi connectivity index (χ0) is 14.5. The maximum atomic E-state index is 12.4. The quantitative estimate of drug-likeness (QED) is 0.740. The van der Waals surface area contributed by atoms with Crippen LogP contribution in [-0.2, 0) is 4.79 Å². The van der Waals surface area contributed by atoms with E-state index in [9.17, 15) is 9.90 Å². The third-order valence-corrected chi connectivity index (χ3v) is 5.69. The monoisotopic (exact) mass is 277 g/mol. The van der Waals surface area contributed by atoms with Gasteiger partial charge in [0.15, 0.2) is 0 Å². The van der Waals surface area contributed by atoms with Gasteiger partial charge in [-0.3, -0.25) is 4.79 Å². The number of likely N-dealkylation sites (N-methyl/N-ethyl adjacent to an activating group) is 1. The van der Waals surface area contributed by atoms with E-state index in [0.29, 0.717) is 18.3 Å². The summed E-state index contributed by atoms with van der Waals surface area (Å²) in [6.07, 6.45) is 5.50. The molecular formula is C15H23N3O2. The molecule has 20 heavy (non-hydrogen) atoms. The SMILES string of the molecule is CN(CC#N)C(=O)C(N)C12CC3CC(CC(O)(C3)C1)C2. The Kier molecular flexibility index (Phi) is 3.07. The summed E-state index contributed by atoms with van der Waals surface area (Å²) in [5, 5.41) is 19.4. The summed E-state index contributed by atoms with van der Waals surface area (Å²) in [6, 6.07) is 1.40. The smallest absolute Gasteiger partial charge is 0.240 e. The minimum Gasteiger partial charge on any atom is -0.390 e. The Balaban J connectivity index is 1.82. The molecule has 0 aromatic rings. The van der Waals surface area contributed by atoms with Gasteiger partial charge in [-0.05, 0) is 55.8 Å². The standard InChI is InChI=1S/C15H23N3O2/c1-18(3-2-16)13(19)12(17)14-5-10-4-11(6-14)8-15(20,7-10)9-14/h10-12,20H,3-9,17H2,1H3. The van der Waals surface area contributed by atoms with Gasteiger partial charge in [0, 0.05) is 7.05 Å². The van der Waals surface area contributed by atoms with Crippen molar-refractivity contribution in [2.45, 2.75) is 50.2 Å². The Morgan fingerprint density at radius 1 is 1.45 bits per heavy atom. The molecule has 0 aliphatic heterocycles. The molecule has 3 unspecified atom stereocenters. The molecule has 0 heterocycles. The topological polar surface area (TPSA) is 90.4 Å². The Morgan fingerprint density at radius 2 is 2.05 bits per heavy atom. The van der Waals surface area contributed by atoms with Crippen LogP contribution in [0.3, 0.4) is 0 Å². The zero-order valence-electron chi connectivity index (χ0n) is 12.0. The van der Waals surface area contributed by atoms with Crippen LogP contribution in [0.4, 0.5) is 0 Å². The van der Waals surface area contributed by atoms with Crippen LogP contribution in [0.5, 0.6) is 0 Å². The van der Waals surface area contributed by atoms with E-state index in [4.69, 9.17) is 11.0 Å². The Hall–Kier alpha value is -1.12. The largest absolute Gasteiger partial charge is 0.390 e. The highest BCUT2D eigenvalue weighted by molar-refractivity contribution is 5.82. The van der Waals surface area contributed by atoms with Gasteiger partial charge in [0.2, 0.25) is 5.91 Å². The number of nitriles is 1. The predicted octanol–water partition coefficient (Wildman–Crippen LogP) is 0.627. The van der Waals surface area contributed by atoms with Crippen molar-refractivity contribution in [2.75, 3.05) is 13.6 Å². The predicted molar refractivity (Wildman–Crippen MR) is 73.3 cm³/mol. The first-order chi connectivity index (χ1) is 9.37. The lowest BCUT2D eigenvalue weighted by Crippen LogP contribution is -2.64. The Morgan fingerprint density at radius 3 is 2.55 bits per heavy atom. The van der Waals surface area contributed by atoms with E-state index in [1.54, 1.807) is 7.05 Å². The molecule has 0 saturated heterocycles. The van der Waals surface area contributed by atoms with Crippen molar-refractivity contribution in [3.63, 3.8) is 0 Å². The van der Waals surface area contributed by atoms with Gasteiger partial charge >= 0.3 is 0 Å². The van der Waals surface area contributed by atoms with E-state index in [2.05, 4.69) is 0 Å². The van der Waals surface area contributed by atoms with Crippen LogP contribution >= 0.6 is 0 Å². The van der Waals surface area contributed by atoms with Crippen molar-refractivity contribution < 1.29 is 9.90 Å². The summed E-state index contributed by atoms with van der Waals surface area (Å²) >= 11 is 0. The molecule has 0 aromatic carbocycles. The van der Waals surface area contributed by atoms with Crippen LogP contribution in [0.25, 0.3) is 0 Å².